The molecule has 2 nitrogen and oxygen atoms in total. The standard InChI is InChI=1S/C18H19BrO2/c1-21-16-7-8-17(19)15(10-16)11-18(20)14-6-5-12-3-2-4-13(12)9-14/h5-10,18,20H,2-4,11H2,1H3. The van der Waals surface area contributed by atoms with Crippen LogP contribution in [0.25, 0.3) is 0 Å². The Kier molecular flexibility index (Phi) is 4.32. The fraction of sp³-hybridized carbons (Fsp3) is 0.333. The van der Waals surface area contributed by atoms with Crippen molar-refractivity contribution in [3.8, 4) is 5.75 Å². The van der Waals surface area contributed by atoms with Crippen molar-refractivity contribution in [1.29, 1.82) is 0 Å². The lowest BCUT2D eigenvalue weighted by molar-refractivity contribution is 0.178. The molecule has 21 heavy (non-hydrogen) atoms. The van der Waals surface area contributed by atoms with Crippen LogP contribution in [0.2, 0.25) is 0 Å². The number of aliphatic hydroxyl groups is 1. The summed E-state index contributed by atoms with van der Waals surface area (Å²) in [7, 11) is 1.66. The molecule has 0 radical (unpaired) electrons. The lowest BCUT2D eigenvalue weighted by Gasteiger charge is -2.14. The lowest BCUT2D eigenvalue weighted by atomic mass is 9.98. The van der Waals surface area contributed by atoms with Crippen molar-refractivity contribution >= 4 is 15.9 Å². The molecule has 0 aromatic heterocycles. The average Bonchev–Trinajstić information content (AvgIpc) is 2.96. The van der Waals surface area contributed by atoms with Crippen LogP contribution in [-0.2, 0) is 19.3 Å². The Hall–Kier alpha value is -1.32. The van der Waals surface area contributed by atoms with Crippen molar-refractivity contribution in [2.75, 3.05) is 7.11 Å². The van der Waals surface area contributed by atoms with E-state index in [4.69, 9.17) is 4.74 Å². The molecular weight excluding hydrogens is 328 g/mol. The molecule has 0 amide bonds. The third kappa shape index (κ3) is 3.14. The van der Waals surface area contributed by atoms with Crippen molar-refractivity contribution in [1.82, 2.24) is 0 Å². The Bertz CT molecular complexity index is 652. The molecule has 1 unspecified atom stereocenters. The number of aliphatic hydroxyl groups excluding tert-OH is 1. The van der Waals surface area contributed by atoms with Crippen molar-refractivity contribution < 1.29 is 9.84 Å². The van der Waals surface area contributed by atoms with Crippen molar-refractivity contribution in [2.24, 2.45) is 0 Å². The molecule has 2 aromatic carbocycles. The average molecular weight is 347 g/mol. The summed E-state index contributed by atoms with van der Waals surface area (Å²) in [6.07, 6.45) is 3.64. The van der Waals surface area contributed by atoms with Crippen LogP contribution in [-0.4, -0.2) is 12.2 Å². The normalized spacial score (nSPS) is 14.8. The number of aryl methyl sites for hydroxylation is 2. The van der Waals surface area contributed by atoms with Crippen LogP contribution in [0.5, 0.6) is 5.75 Å². The van der Waals surface area contributed by atoms with Gasteiger partial charge in [0, 0.05) is 10.9 Å². The first-order valence-electron chi connectivity index (χ1n) is 7.29. The van der Waals surface area contributed by atoms with E-state index in [-0.39, 0.29) is 0 Å². The Morgan fingerprint density at radius 1 is 1.14 bits per heavy atom. The van der Waals surface area contributed by atoms with Crippen molar-refractivity contribution in [2.45, 2.75) is 31.8 Å². The highest BCUT2D eigenvalue weighted by Crippen LogP contribution is 2.30. The number of hydrogen-bond donors (Lipinski definition) is 1. The van der Waals surface area contributed by atoms with E-state index >= 15 is 0 Å². The highest BCUT2D eigenvalue weighted by Gasteiger charge is 2.16. The molecule has 0 heterocycles. The molecule has 3 rings (SSSR count). The minimum absolute atomic E-state index is 0.487. The zero-order valence-electron chi connectivity index (χ0n) is 12.1. The fourth-order valence-corrected chi connectivity index (χ4v) is 3.37. The summed E-state index contributed by atoms with van der Waals surface area (Å²) in [5, 5.41) is 10.5. The van der Waals surface area contributed by atoms with Crippen LogP contribution in [0, 0.1) is 0 Å². The van der Waals surface area contributed by atoms with Gasteiger partial charge in [-0.3, -0.25) is 0 Å². The molecule has 0 saturated heterocycles. The van der Waals surface area contributed by atoms with Gasteiger partial charge in [0.15, 0.2) is 0 Å². The first-order valence-corrected chi connectivity index (χ1v) is 8.09. The van der Waals surface area contributed by atoms with E-state index in [1.54, 1.807) is 7.11 Å². The SMILES string of the molecule is COc1ccc(Br)c(CC(O)c2ccc3c(c2)CCC3)c1. The number of halogens is 1. The first kappa shape index (κ1) is 14.6. The number of benzene rings is 2. The number of rotatable bonds is 4. The molecule has 1 N–H and O–H groups in total. The summed E-state index contributed by atoms with van der Waals surface area (Å²) in [5.41, 5.74) is 4.90. The van der Waals surface area contributed by atoms with Gasteiger partial charge in [-0.1, -0.05) is 34.1 Å². The number of ether oxygens (including phenoxy) is 1. The molecule has 2 aromatic rings. The van der Waals surface area contributed by atoms with Gasteiger partial charge in [0.05, 0.1) is 13.2 Å². The van der Waals surface area contributed by atoms with Gasteiger partial charge >= 0.3 is 0 Å². The molecule has 1 aliphatic rings. The van der Waals surface area contributed by atoms with E-state index in [2.05, 4.69) is 34.1 Å². The zero-order chi connectivity index (χ0) is 14.8. The van der Waals surface area contributed by atoms with E-state index in [9.17, 15) is 5.11 Å². The van der Waals surface area contributed by atoms with Crippen LogP contribution in [0.1, 0.15) is 34.8 Å². The van der Waals surface area contributed by atoms with Gasteiger partial charge in [0.25, 0.3) is 0 Å². The molecule has 0 saturated carbocycles. The third-order valence-corrected chi connectivity index (χ3v) is 4.95. The smallest absolute Gasteiger partial charge is 0.119 e. The minimum atomic E-state index is -0.487. The van der Waals surface area contributed by atoms with Gasteiger partial charge in [-0.05, 0) is 59.7 Å². The summed E-state index contributed by atoms with van der Waals surface area (Å²) in [5.74, 6) is 0.814. The summed E-state index contributed by atoms with van der Waals surface area (Å²) in [4.78, 5) is 0. The van der Waals surface area contributed by atoms with E-state index in [1.807, 2.05) is 18.2 Å². The second-order valence-electron chi connectivity index (χ2n) is 5.56. The summed E-state index contributed by atoms with van der Waals surface area (Å²) >= 11 is 3.54. The lowest BCUT2D eigenvalue weighted by Crippen LogP contribution is -2.03. The van der Waals surface area contributed by atoms with Gasteiger partial charge in [-0.25, -0.2) is 0 Å². The topological polar surface area (TPSA) is 29.5 Å². The van der Waals surface area contributed by atoms with Crippen LogP contribution >= 0.6 is 15.9 Å². The molecule has 1 aliphatic carbocycles. The molecule has 0 bridgehead atoms. The van der Waals surface area contributed by atoms with Gasteiger partial charge < -0.3 is 9.84 Å². The first-order chi connectivity index (χ1) is 10.2. The highest BCUT2D eigenvalue weighted by molar-refractivity contribution is 9.10. The third-order valence-electron chi connectivity index (χ3n) is 4.17. The highest BCUT2D eigenvalue weighted by atomic mass is 79.9. The predicted octanol–water partition coefficient (Wildman–Crippen LogP) is 4.22. The monoisotopic (exact) mass is 346 g/mol. The molecule has 110 valence electrons. The maximum Gasteiger partial charge on any atom is 0.119 e. The molecule has 1 atom stereocenters. The number of fused-ring (bicyclic) bond motifs is 1. The fourth-order valence-electron chi connectivity index (χ4n) is 2.96. The van der Waals surface area contributed by atoms with E-state index in [0.29, 0.717) is 6.42 Å². The Morgan fingerprint density at radius 3 is 2.76 bits per heavy atom. The van der Waals surface area contributed by atoms with Crippen LogP contribution < -0.4 is 4.74 Å². The predicted molar refractivity (Wildman–Crippen MR) is 87.8 cm³/mol. The number of methoxy groups -OCH3 is 1. The summed E-state index contributed by atoms with van der Waals surface area (Å²) in [6.45, 7) is 0. The van der Waals surface area contributed by atoms with Crippen LogP contribution in [0.15, 0.2) is 40.9 Å². The Balaban J connectivity index is 1.81. The molecular formula is C18H19BrO2. The van der Waals surface area contributed by atoms with Crippen LogP contribution in [0.4, 0.5) is 0 Å². The molecule has 3 heteroatoms. The largest absolute Gasteiger partial charge is 0.497 e. The maximum absolute atomic E-state index is 10.5. The Morgan fingerprint density at radius 2 is 1.95 bits per heavy atom. The van der Waals surface area contributed by atoms with E-state index < -0.39 is 6.10 Å². The van der Waals surface area contributed by atoms with Gasteiger partial charge in [-0.15, -0.1) is 0 Å². The zero-order valence-corrected chi connectivity index (χ0v) is 13.7. The minimum Gasteiger partial charge on any atom is -0.497 e. The quantitative estimate of drug-likeness (QED) is 0.897. The molecule has 0 aliphatic heterocycles. The van der Waals surface area contributed by atoms with Gasteiger partial charge in [0.1, 0.15) is 5.75 Å². The maximum atomic E-state index is 10.5. The van der Waals surface area contributed by atoms with Gasteiger partial charge in [-0.2, -0.15) is 0 Å². The van der Waals surface area contributed by atoms with Crippen LogP contribution in [0.3, 0.4) is 0 Å². The Labute approximate surface area is 133 Å². The van der Waals surface area contributed by atoms with E-state index in [0.717, 1.165) is 27.8 Å². The molecule has 0 fully saturated rings. The van der Waals surface area contributed by atoms with E-state index in [1.165, 1.54) is 24.0 Å². The van der Waals surface area contributed by atoms with Gasteiger partial charge in [0.2, 0.25) is 0 Å². The summed E-state index contributed by atoms with van der Waals surface area (Å²) < 4.78 is 6.26. The summed E-state index contributed by atoms with van der Waals surface area (Å²) in [6, 6.07) is 12.2. The molecule has 0 spiro atoms. The van der Waals surface area contributed by atoms with Crippen molar-refractivity contribution in [3.63, 3.8) is 0 Å². The second-order valence-corrected chi connectivity index (χ2v) is 6.41. The number of hydrogen-bond acceptors (Lipinski definition) is 2. The second kappa shape index (κ2) is 6.20. The van der Waals surface area contributed by atoms with Crippen molar-refractivity contribution in [3.05, 3.63) is 63.1 Å².